The van der Waals surface area contributed by atoms with E-state index in [1.807, 2.05) is 0 Å². The highest BCUT2D eigenvalue weighted by molar-refractivity contribution is 7.54. The van der Waals surface area contributed by atoms with E-state index < -0.39 is 13.4 Å². The largest absolute Gasteiger partial charge is 0.504 e. The topological polar surface area (TPSA) is 91.0 Å². The van der Waals surface area contributed by atoms with Gasteiger partial charge in [-0.2, -0.15) is 0 Å². The molecule has 0 spiro atoms. The van der Waals surface area contributed by atoms with Crippen LogP contribution in [0.1, 0.15) is 32.1 Å². The number of phenolic OH excluding ortho intramolecular Hbond substituents is 1. The molecule has 0 fully saturated rings. The molecule has 0 bridgehead atoms. The van der Waals surface area contributed by atoms with Crippen LogP contribution >= 0.6 is 7.60 Å². The van der Waals surface area contributed by atoms with Gasteiger partial charge in [-0.3, -0.25) is 4.57 Å². The van der Waals surface area contributed by atoms with E-state index in [-0.39, 0.29) is 24.5 Å². The third kappa shape index (κ3) is 3.73. The van der Waals surface area contributed by atoms with Gasteiger partial charge in [-0.15, -0.1) is 0 Å². The standard InChI is InChI=1S/C13H22NO5P/c1-4-17-11-9-7-8-10(12(11)15)13(14)20(16,18-5-2)19-6-3/h7-9,13,15H,4-6,14H2,1-3H3/t13-/m0/s1. The van der Waals surface area contributed by atoms with Crippen molar-refractivity contribution in [2.75, 3.05) is 19.8 Å². The fraction of sp³-hybridized carbons (Fsp3) is 0.538. The number of phenols is 1. The number of hydrogen-bond acceptors (Lipinski definition) is 6. The molecule has 1 rings (SSSR count). The van der Waals surface area contributed by atoms with Gasteiger partial charge in [0.05, 0.1) is 19.8 Å². The Hall–Kier alpha value is -1.07. The third-order valence-electron chi connectivity index (χ3n) is 2.61. The second kappa shape index (κ2) is 7.64. The summed E-state index contributed by atoms with van der Waals surface area (Å²) in [6, 6.07) is 4.86. The lowest BCUT2D eigenvalue weighted by atomic mass is 10.2. The quantitative estimate of drug-likeness (QED) is 0.717. The number of hydrogen-bond donors (Lipinski definition) is 2. The molecule has 0 saturated carbocycles. The molecule has 1 aromatic rings. The molecule has 1 atom stereocenters. The molecule has 0 unspecified atom stereocenters. The highest BCUT2D eigenvalue weighted by Crippen LogP contribution is 2.60. The zero-order valence-electron chi connectivity index (χ0n) is 12.0. The Balaban J connectivity index is 3.15. The van der Waals surface area contributed by atoms with E-state index in [0.717, 1.165) is 0 Å². The summed E-state index contributed by atoms with van der Waals surface area (Å²) in [6.07, 6.45) is 0. The van der Waals surface area contributed by atoms with E-state index in [1.54, 1.807) is 39.0 Å². The Morgan fingerprint density at radius 3 is 2.30 bits per heavy atom. The fourth-order valence-electron chi connectivity index (χ4n) is 1.78. The van der Waals surface area contributed by atoms with Gasteiger partial charge in [0, 0.05) is 5.56 Å². The van der Waals surface area contributed by atoms with Crippen LogP contribution in [0.15, 0.2) is 18.2 Å². The maximum absolute atomic E-state index is 12.6. The summed E-state index contributed by atoms with van der Waals surface area (Å²) in [7, 11) is -3.54. The van der Waals surface area contributed by atoms with Gasteiger partial charge < -0.3 is 24.6 Å². The average molecular weight is 303 g/mol. The molecule has 114 valence electrons. The molecule has 3 N–H and O–H groups in total. The maximum atomic E-state index is 12.6. The summed E-state index contributed by atoms with van der Waals surface area (Å²) in [4.78, 5) is 0. The number of ether oxygens (including phenoxy) is 1. The molecule has 6 nitrogen and oxygen atoms in total. The molecule has 1 aromatic carbocycles. The second-order valence-electron chi connectivity index (χ2n) is 3.95. The van der Waals surface area contributed by atoms with Gasteiger partial charge in [-0.1, -0.05) is 12.1 Å². The normalized spacial score (nSPS) is 13.2. The molecule has 0 radical (unpaired) electrons. The third-order valence-corrected chi connectivity index (χ3v) is 4.80. The Labute approximate surface area is 119 Å². The van der Waals surface area contributed by atoms with E-state index >= 15 is 0 Å². The number of rotatable bonds is 8. The van der Waals surface area contributed by atoms with Gasteiger partial charge in [0.25, 0.3) is 0 Å². The van der Waals surface area contributed by atoms with Crippen LogP contribution in [0.2, 0.25) is 0 Å². The van der Waals surface area contributed by atoms with Gasteiger partial charge in [-0.05, 0) is 26.8 Å². The van der Waals surface area contributed by atoms with Crippen LogP contribution in [0, 0.1) is 0 Å². The summed E-state index contributed by atoms with van der Waals surface area (Å²) >= 11 is 0. The summed E-state index contributed by atoms with van der Waals surface area (Å²) in [5.74, 6) is -0.913. The molecule has 0 heterocycles. The molecule has 0 amide bonds. The zero-order chi connectivity index (χ0) is 15.2. The predicted octanol–water partition coefficient (Wildman–Crippen LogP) is 3.01. The highest BCUT2D eigenvalue weighted by Gasteiger charge is 2.36. The Morgan fingerprint density at radius 2 is 1.80 bits per heavy atom. The van der Waals surface area contributed by atoms with E-state index in [0.29, 0.717) is 12.4 Å². The number of nitrogens with two attached hydrogens (primary N) is 1. The first kappa shape index (κ1) is 17.0. The Kier molecular flexibility index (Phi) is 6.49. The first-order valence-electron chi connectivity index (χ1n) is 6.59. The molecule has 20 heavy (non-hydrogen) atoms. The minimum absolute atomic E-state index is 0.138. The van der Waals surface area contributed by atoms with Crippen molar-refractivity contribution in [3.05, 3.63) is 23.8 Å². The zero-order valence-corrected chi connectivity index (χ0v) is 12.9. The van der Waals surface area contributed by atoms with Crippen LogP contribution in [0.5, 0.6) is 11.5 Å². The SMILES string of the molecule is CCOc1cccc([C@@H](N)P(=O)(OCC)OCC)c1O. The monoisotopic (exact) mass is 303 g/mol. The van der Waals surface area contributed by atoms with Gasteiger partial charge >= 0.3 is 7.60 Å². The van der Waals surface area contributed by atoms with Crippen molar-refractivity contribution in [3.8, 4) is 11.5 Å². The molecule has 0 aromatic heterocycles. The predicted molar refractivity (Wildman–Crippen MR) is 77.1 cm³/mol. The van der Waals surface area contributed by atoms with E-state index in [4.69, 9.17) is 19.5 Å². The van der Waals surface area contributed by atoms with E-state index in [9.17, 15) is 9.67 Å². The van der Waals surface area contributed by atoms with Crippen LogP contribution in [-0.4, -0.2) is 24.9 Å². The van der Waals surface area contributed by atoms with Crippen molar-refractivity contribution >= 4 is 7.60 Å². The molecule has 7 heteroatoms. The van der Waals surface area contributed by atoms with Crippen molar-refractivity contribution < 1.29 is 23.5 Å². The van der Waals surface area contributed by atoms with Crippen LogP contribution in [0.25, 0.3) is 0 Å². The van der Waals surface area contributed by atoms with Crippen molar-refractivity contribution in [2.45, 2.75) is 26.6 Å². The van der Waals surface area contributed by atoms with E-state index in [2.05, 4.69) is 0 Å². The average Bonchev–Trinajstić information content (AvgIpc) is 2.41. The van der Waals surface area contributed by atoms with Crippen LogP contribution in [0.4, 0.5) is 0 Å². The first-order valence-corrected chi connectivity index (χ1v) is 8.20. The molecule has 0 saturated heterocycles. The summed E-state index contributed by atoms with van der Waals surface area (Å²) < 4.78 is 28.3. The minimum atomic E-state index is -3.54. The summed E-state index contributed by atoms with van der Waals surface area (Å²) in [5.41, 5.74) is 6.26. The van der Waals surface area contributed by atoms with Crippen LogP contribution in [-0.2, 0) is 13.6 Å². The van der Waals surface area contributed by atoms with Crippen molar-refractivity contribution in [1.29, 1.82) is 0 Å². The number of para-hydroxylation sites is 1. The van der Waals surface area contributed by atoms with Gasteiger partial charge in [0.15, 0.2) is 11.5 Å². The lowest BCUT2D eigenvalue weighted by Crippen LogP contribution is -2.15. The van der Waals surface area contributed by atoms with Gasteiger partial charge in [-0.25, -0.2) is 0 Å². The lowest BCUT2D eigenvalue weighted by molar-refractivity contribution is 0.211. The van der Waals surface area contributed by atoms with Crippen molar-refractivity contribution in [2.24, 2.45) is 5.73 Å². The molecule has 0 aliphatic heterocycles. The summed E-state index contributed by atoms with van der Waals surface area (Å²) in [5, 5.41) is 10.2. The minimum Gasteiger partial charge on any atom is -0.504 e. The number of benzene rings is 1. The van der Waals surface area contributed by atoms with Crippen molar-refractivity contribution in [3.63, 3.8) is 0 Å². The molecular formula is C13H22NO5P. The highest BCUT2D eigenvalue weighted by atomic mass is 31.2. The lowest BCUT2D eigenvalue weighted by Gasteiger charge is -2.24. The second-order valence-corrected chi connectivity index (χ2v) is 6.10. The van der Waals surface area contributed by atoms with Crippen LogP contribution < -0.4 is 10.5 Å². The number of aromatic hydroxyl groups is 1. The smallest absolute Gasteiger partial charge is 0.351 e. The van der Waals surface area contributed by atoms with Crippen molar-refractivity contribution in [1.82, 2.24) is 0 Å². The maximum Gasteiger partial charge on any atom is 0.351 e. The van der Waals surface area contributed by atoms with Crippen LogP contribution in [0.3, 0.4) is 0 Å². The van der Waals surface area contributed by atoms with Gasteiger partial charge in [0.2, 0.25) is 0 Å². The Morgan fingerprint density at radius 1 is 1.20 bits per heavy atom. The molecule has 0 aliphatic rings. The Bertz CT molecular complexity index is 470. The molecule has 0 aliphatic carbocycles. The first-order chi connectivity index (χ1) is 9.50. The summed E-state index contributed by atoms with van der Waals surface area (Å²) in [6.45, 7) is 6.02. The van der Waals surface area contributed by atoms with Gasteiger partial charge in [0.1, 0.15) is 5.78 Å². The van der Waals surface area contributed by atoms with E-state index in [1.165, 1.54) is 0 Å². The molecular weight excluding hydrogens is 281 g/mol. The fourth-order valence-corrected chi connectivity index (χ4v) is 3.44.